The second-order valence-electron chi connectivity index (χ2n) is 5.45. The summed E-state index contributed by atoms with van der Waals surface area (Å²) in [5.74, 6) is 0.501. The molecule has 2 atom stereocenters. The number of hydrogen-bond donors (Lipinski definition) is 2. The molecule has 1 aromatic heterocycles. The number of carbonyl (C=O) groups is 1. The lowest BCUT2D eigenvalue weighted by Gasteiger charge is -2.12. The molecule has 0 bridgehead atoms. The number of amides is 1. The number of anilines is 1. The van der Waals surface area contributed by atoms with E-state index in [1.807, 2.05) is 19.3 Å². The average Bonchev–Trinajstić information content (AvgIpc) is 2.99. The van der Waals surface area contributed by atoms with Gasteiger partial charge in [-0.1, -0.05) is 18.5 Å². The van der Waals surface area contributed by atoms with Gasteiger partial charge in [-0.15, -0.1) is 0 Å². The Kier molecular flexibility index (Phi) is 3.40. The van der Waals surface area contributed by atoms with Crippen molar-refractivity contribution in [2.45, 2.75) is 19.4 Å². The molecule has 6 heteroatoms. The van der Waals surface area contributed by atoms with Gasteiger partial charge in [0.15, 0.2) is 0 Å². The summed E-state index contributed by atoms with van der Waals surface area (Å²) in [5.41, 5.74) is 1.46. The molecule has 1 aliphatic rings. The van der Waals surface area contributed by atoms with Gasteiger partial charge in [0, 0.05) is 18.6 Å². The molecule has 1 unspecified atom stereocenters. The van der Waals surface area contributed by atoms with Crippen LogP contribution in [0.15, 0.2) is 18.3 Å². The van der Waals surface area contributed by atoms with Crippen LogP contribution in [-0.4, -0.2) is 28.3 Å². The van der Waals surface area contributed by atoms with Crippen molar-refractivity contribution in [2.24, 2.45) is 13.0 Å². The van der Waals surface area contributed by atoms with Gasteiger partial charge < -0.3 is 10.6 Å². The minimum Gasteiger partial charge on any atom is -0.323 e. The fourth-order valence-corrected chi connectivity index (χ4v) is 2.86. The first kappa shape index (κ1) is 13.4. The molecule has 0 radical (unpaired) electrons. The molecule has 5 nitrogen and oxygen atoms in total. The van der Waals surface area contributed by atoms with Gasteiger partial charge in [-0.05, 0) is 31.0 Å². The Labute approximate surface area is 122 Å². The zero-order chi connectivity index (χ0) is 14.3. The summed E-state index contributed by atoms with van der Waals surface area (Å²) in [6, 6.07) is 3.53. The number of aryl methyl sites for hydroxylation is 1. The third-order valence-electron chi connectivity index (χ3n) is 3.66. The maximum atomic E-state index is 12.2. The molecule has 1 fully saturated rings. The fourth-order valence-electron chi connectivity index (χ4n) is 2.61. The molecular formula is C14H17ClN4O. The lowest BCUT2D eigenvalue weighted by atomic mass is 10.1. The van der Waals surface area contributed by atoms with E-state index >= 15 is 0 Å². The quantitative estimate of drug-likeness (QED) is 0.892. The lowest BCUT2D eigenvalue weighted by molar-refractivity contribution is -0.117. The molecule has 3 rings (SSSR count). The summed E-state index contributed by atoms with van der Waals surface area (Å²) >= 11 is 6.35. The zero-order valence-electron chi connectivity index (χ0n) is 11.5. The molecule has 0 spiro atoms. The Morgan fingerprint density at radius 1 is 1.55 bits per heavy atom. The van der Waals surface area contributed by atoms with E-state index in [0.29, 0.717) is 16.6 Å². The maximum Gasteiger partial charge on any atom is 0.241 e. The molecule has 1 aromatic carbocycles. The highest BCUT2D eigenvalue weighted by atomic mass is 35.5. The second-order valence-corrected chi connectivity index (χ2v) is 5.83. The molecule has 2 heterocycles. The van der Waals surface area contributed by atoms with Crippen LogP contribution >= 0.6 is 11.6 Å². The predicted molar refractivity (Wildman–Crippen MR) is 79.9 cm³/mol. The number of carbonyl (C=O) groups excluding carboxylic acids is 1. The monoisotopic (exact) mass is 292 g/mol. The molecule has 20 heavy (non-hydrogen) atoms. The molecule has 1 aliphatic heterocycles. The van der Waals surface area contributed by atoms with Gasteiger partial charge in [-0.3, -0.25) is 9.48 Å². The number of aromatic nitrogens is 2. The third-order valence-corrected chi connectivity index (χ3v) is 4.07. The Morgan fingerprint density at radius 2 is 2.35 bits per heavy atom. The van der Waals surface area contributed by atoms with Crippen LogP contribution in [0, 0.1) is 5.92 Å². The van der Waals surface area contributed by atoms with Crippen LogP contribution < -0.4 is 10.6 Å². The van der Waals surface area contributed by atoms with E-state index in [4.69, 9.17) is 11.6 Å². The minimum absolute atomic E-state index is 0.0282. The SMILES string of the molecule is CC1CN[C@H](C(=O)Nc2ccc3nn(C)cc3c2Cl)C1. The number of fused-ring (bicyclic) bond motifs is 1. The predicted octanol–water partition coefficient (Wildman–Crippen LogP) is 2.16. The molecule has 2 N–H and O–H groups in total. The van der Waals surface area contributed by atoms with Crippen LogP contribution in [0.3, 0.4) is 0 Å². The van der Waals surface area contributed by atoms with Gasteiger partial charge in [-0.25, -0.2) is 0 Å². The first-order valence-electron chi connectivity index (χ1n) is 6.70. The summed E-state index contributed by atoms with van der Waals surface area (Å²) in [5, 5.41) is 11.8. The van der Waals surface area contributed by atoms with Gasteiger partial charge in [0.05, 0.1) is 22.3 Å². The Morgan fingerprint density at radius 3 is 3.05 bits per heavy atom. The summed E-state index contributed by atoms with van der Waals surface area (Å²) in [6.07, 6.45) is 2.71. The molecule has 0 saturated carbocycles. The van der Waals surface area contributed by atoms with Crippen molar-refractivity contribution in [3.8, 4) is 0 Å². The Hall–Kier alpha value is -1.59. The molecule has 106 valence electrons. The highest BCUT2D eigenvalue weighted by molar-refractivity contribution is 6.38. The lowest BCUT2D eigenvalue weighted by Crippen LogP contribution is -2.35. The number of nitrogens with zero attached hydrogens (tertiary/aromatic N) is 2. The first-order chi connectivity index (χ1) is 9.54. The van der Waals surface area contributed by atoms with Crippen LogP contribution in [0.4, 0.5) is 5.69 Å². The molecule has 2 aromatic rings. The van der Waals surface area contributed by atoms with Crippen LogP contribution in [0.2, 0.25) is 5.02 Å². The zero-order valence-corrected chi connectivity index (χ0v) is 12.2. The van der Waals surface area contributed by atoms with Gasteiger partial charge in [0.25, 0.3) is 0 Å². The van der Waals surface area contributed by atoms with Crippen LogP contribution in [-0.2, 0) is 11.8 Å². The summed E-state index contributed by atoms with van der Waals surface area (Å²) < 4.78 is 1.71. The first-order valence-corrected chi connectivity index (χ1v) is 7.08. The van der Waals surface area contributed by atoms with Crippen LogP contribution in [0.5, 0.6) is 0 Å². The topological polar surface area (TPSA) is 59.0 Å². The van der Waals surface area contributed by atoms with E-state index in [9.17, 15) is 4.79 Å². The number of nitrogens with one attached hydrogen (secondary N) is 2. The fraction of sp³-hybridized carbons (Fsp3) is 0.429. The average molecular weight is 293 g/mol. The maximum absolute atomic E-state index is 12.2. The van der Waals surface area contributed by atoms with Crippen molar-refractivity contribution in [1.82, 2.24) is 15.1 Å². The van der Waals surface area contributed by atoms with E-state index in [1.54, 1.807) is 10.7 Å². The smallest absolute Gasteiger partial charge is 0.241 e. The van der Waals surface area contributed by atoms with Crippen molar-refractivity contribution in [3.05, 3.63) is 23.4 Å². The number of halogens is 1. The molecule has 1 amide bonds. The number of hydrogen-bond acceptors (Lipinski definition) is 3. The van der Waals surface area contributed by atoms with E-state index in [-0.39, 0.29) is 11.9 Å². The third kappa shape index (κ3) is 2.39. The highest BCUT2D eigenvalue weighted by Crippen LogP contribution is 2.30. The number of rotatable bonds is 2. The van der Waals surface area contributed by atoms with E-state index in [1.165, 1.54) is 0 Å². The normalized spacial score (nSPS) is 22.4. The van der Waals surface area contributed by atoms with Crippen molar-refractivity contribution in [1.29, 1.82) is 0 Å². The molecule has 0 aliphatic carbocycles. The highest BCUT2D eigenvalue weighted by Gasteiger charge is 2.27. The second kappa shape index (κ2) is 5.07. The van der Waals surface area contributed by atoms with E-state index < -0.39 is 0 Å². The van der Waals surface area contributed by atoms with Gasteiger partial charge in [0.1, 0.15) is 0 Å². The largest absolute Gasteiger partial charge is 0.323 e. The summed E-state index contributed by atoms with van der Waals surface area (Å²) in [4.78, 5) is 12.2. The van der Waals surface area contributed by atoms with Gasteiger partial charge in [0.2, 0.25) is 5.91 Å². The summed E-state index contributed by atoms with van der Waals surface area (Å²) in [7, 11) is 1.85. The van der Waals surface area contributed by atoms with E-state index in [0.717, 1.165) is 23.9 Å². The molecule has 1 saturated heterocycles. The number of benzene rings is 1. The van der Waals surface area contributed by atoms with Crippen molar-refractivity contribution in [3.63, 3.8) is 0 Å². The molecular weight excluding hydrogens is 276 g/mol. The Bertz CT molecular complexity index is 666. The van der Waals surface area contributed by atoms with Gasteiger partial charge in [-0.2, -0.15) is 5.10 Å². The minimum atomic E-state index is -0.134. The Balaban J connectivity index is 1.83. The van der Waals surface area contributed by atoms with Crippen LogP contribution in [0.1, 0.15) is 13.3 Å². The standard InChI is InChI=1S/C14H17ClN4O/c1-8-5-12(16-6-8)14(20)17-11-4-3-10-9(13(11)15)7-19(2)18-10/h3-4,7-8,12,16H,5-6H2,1-2H3,(H,17,20)/t8?,12-/m0/s1. The summed E-state index contributed by atoms with van der Waals surface area (Å²) in [6.45, 7) is 3.02. The van der Waals surface area contributed by atoms with E-state index in [2.05, 4.69) is 22.7 Å². The van der Waals surface area contributed by atoms with Crippen molar-refractivity contribution < 1.29 is 4.79 Å². The van der Waals surface area contributed by atoms with Crippen molar-refractivity contribution >= 4 is 34.1 Å². The van der Waals surface area contributed by atoms with Crippen molar-refractivity contribution in [2.75, 3.05) is 11.9 Å². The van der Waals surface area contributed by atoms with Gasteiger partial charge >= 0.3 is 0 Å². The van der Waals surface area contributed by atoms with Crippen LogP contribution in [0.25, 0.3) is 10.9 Å².